The van der Waals surface area contributed by atoms with Crippen LogP contribution in [-0.4, -0.2) is 14.2 Å². The normalized spacial score (nSPS) is 11.8. The van der Waals surface area contributed by atoms with Crippen molar-refractivity contribution in [3.05, 3.63) is 54.1 Å². The van der Waals surface area contributed by atoms with Crippen molar-refractivity contribution in [2.45, 2.75) is 32.2 Å². The van der Waals surface area contributed by atoms with Gasteiger partial charge in [-0.1, -0.05) is 38.0 Å². The standard InChI is InChI=1S/C19H25NO2/c1-4-5-9-18(17-8-6-7-10-19(17)22-3)20-15-11-13-16(21-2)14-12-15/h6-8,10-14,18,20H,4-5,9H2,1-3H3. The fourth-order valence-electron chi connectivity index (χ4n) is 2.56. The highest BCUT2D eigenvalue weighted by atomic mass is 16.5. The minimum atomic E-state index is 0.240. The van der Waals surface area contributed by atoms with Crippen LogP contribution in [0.15, 0.2) is 48.5 Å². The van der Waals surface area contributed by atoms with Gasteiger partial charge in [-0.15, -0.1) is 0 Å². The van der Waals surface area contributed by atoms with Gasteiger partial charge in [-0.2, -0.15) is 0 Å². The monoisotopic (exact) mass is 299 g/mol. The molecule has 0 aliphatic rings. The summed E-state index contributed by atoms with van der Waals surface area (Å²) in [6.45, 7) is 2.21. The SMILES string of the molecule is CCCCC(Nc1ccc(OC)cc1)c1ccccc1OC. The molecule has 0 amide bonds. The molecule has 0 aliphatic carbocycles. The molecule has 0 heterocycles. The van der Waals surface area contributed by atoms with Crippen LogP contribution in [0.2, 0.25) is 0 Å². The maximum atomic E-state index is 5.52. The highest BCUT2D eigenvalue weighted by molar-refractivity contribution is 5.50. The van der Waals surface area contributed by atoms with E-state index in [1.807, 2.05) is 36.4 Å². The number of hydrogen-bond acceptors (Lipinski definition) is 3. The van der Waals surface area contributed by atoms with Crippen molar-refractivity contribution in [1.82, 2.24) is 0 Å². The van der Waals surface area contributed by atoms with Gasteiger partial charge in [0, 0.05) is 11.3 Å². The maximum Gasteiger partial charge on any atom is 0.124 e. The molecular weight excluding hydrogens is 274 g/mol. The molecule has 2 rings (SSSR count). The van der Waals surface area contributed by atoms with E-state index in [1.165, 1.54) is 18.4 Å². The van der Waals surface area contributed by atoms with E-state index >= 15 is 0 Å². The Kier molecular flexibility index (Phi) is 6.13. The molecule has 0 spiro atoms. The third-order valence-corrected chi connectivity index (χ3v) is 3.79. The molecule has 0 fully saturated rings. The fourth-order valence-corrected chi connectivity index (χ4v) is 2.56. The van der Waals surface area contributed by atoms with Gasteiger partial charge in [0.05, 0.1) is 20.3 Å². The summed E-state index contributed by atoms with van der Waals surface area (Å²) in [6, 6.07) is 16.5. The first-order valence-corrected chi connectivity index (χ1v) is 7.82. The van der Waals surface area contributed by atoms with E-state index in [-0.39, 0.29) is 6.04 Å². The average molecular weight is 299 g/mol. The van der Waals surface area contributed by atoms with Crippen molar-refractivity contribution in [1.29, 1.82) is 0 Å². The zero-order valence-electron chi connectivity index (χ0n) is 13.6. The highest BCUT2D eigenvalue weighted by Crippen LogP contribution is 2.31. The van der Waals surface area contributed by atoms with Crippen LogP contribution in [0.1, 0.15) is 37.8 Å². The fraction of sp³-hybridized carbons (Fsp3) is 0.368. The molecule has 0 aromatic heterocycles. The zero-order chi connectivity index (χ0) is 15.8. The predicted octanol–water partition coefficient (Wildman–Crippen LogP) is 5.05. The second kappa shape index (κ2) is 8.32. The molecule has 1 N–H and O–H groups in total. The Morgan fingerprint density at radius 3 is 2.32 bits per heavy atom. The molecule has 0 saturated heterocycles. The lowest BCUT2D eigenvalue weighted by Gasteiger charge is -2.22. The van der Waals surface area contributed by atoms with Gasteiger partial charge >= 0.3 is 0 Å². The lowest BCUT2D eigenvalue weighted by Crippen LogP contribution is -2.12. The summed E-state index contributed by atoms with van der Waals surface area (Å²) in [5.74, 6) is 1.80. The topological polar surface area (TPSA) is 30.5 Å². The Labute approximate surface area is 133 Å². The Balaban J connectivity index is 2.21. The van der Waals surface area contributed by atoms with Crippen molar-refractivity contribution in [2.75, 3.05) is 19.5 Å². The average Bonchev–Trinajstić information content (AvgIpc) is 2.59. The molecule has 2 aromatic rings. The number of para-hydroxylation sites is 1. The van der Waals surface area contributed by atoms with Gasteiger partial charge in [-0.05, 0) is 36.8 Å². The lowest BCUT2D eigenvalue weighted by molar-refractivity contribution is 0.405. The number of unbranched alkanes of at least 4 members (excludes halogenated alkanes) is 1. The molecule has 2 aromatic carbocycles. The van der Waals surface area contributed by atoms with Crippen molar-refractivity contribution in [3.63, 3.8) is 0 Å². The lowest BCUT2D eigenvalue weighted by atomic mass is 9.99. The van der Waals surface area contributed by atoms with E-state index in [9.17, 15) is 0 Å². The summed E-state index contributed by atoms with van der Waals surface area (Å²) < 4.78 is 10.7. The summed E-state index contributed by atoms with van der Waals surface area (Å²) in [5, 5.41) is 3.62. The second-order valence-corrected chi connectivity index (χ2v) is 5.31. The third kappa shape index (κ3) is 4.17. The molecule has 118 valence electrons. The first-order valence-electron chi connectivity index (χ1n) is 7.82. The zero-order valence-corrected chi connectivity index (χ0v) is 13.6. The summed E-state index contributed by atoms with van der Waals surface area (Å²) >= 11 is 0. The van der Waals surface area contributed by atoms with E-state index in [0.717, 1.165) is 23.6 Å². The molecular formula is C19H25NO2. The number of ether oxygens (including phenoxy) is 2. The van der Waals surface area contributed by atoms with Crippen LogP contribution in [-0.2, 0) is 0 Å². The van der Waals surface area contributed by atoms with E-state index in [1.54, 1.807) is 14.2 Å². The number of rotatable bonds is 8. The van der Waals surface area contributed by atoms with Gasteiger partial charge in [-0.25, -0.2) is 0 Å². The van der Waals surface area contributed by atoms with Crippen molar-refractivity contribution < 1.29 is 9.47 Å². The minimum absolute atomic E-state index is 0.240. The Bertz CT molecular complexity index is 566. The number of benzene rings is 2. The van der Waals surface area contributed by atoms with Crippen molar-refractivity contribution >= 4 is 5.69 Å². The van der Waals surface area contributed by atoms with Crippen LogP contribution in [0.25, 0.3) is 0 Å². The Morgan fingerprint density at radius 2 is 1.68 bits per heavy atom. The van der Waals surface area contributed by atoms with Gasteiger partial charge in [-0.3, -0.25) is 0 Å². The number of hydrogen-bond donors (Lipinski definition) is 1. The first-order chi connectivity index (χ1) is 10.8. The molecule has 3 nitrogen and oxygen atoms in total. The molecule has 1 atom stereocenters. The summed E-state index contributed by atoms with van der Waals surface area (Å²) in [7, 11) is 3.41. The van der Waals surface area contributed by atoms with Crippen molar-refractivity contribution in [2.24, 2.45) is 0 Å². The Hall–Kier alpha value is -2.16. The Morgan fingerprint density at radius 1 is 0.955 bits per heavy atom. The predicted molar refractivity (Wildman–Crippen MR) is 91.9 cm³/mol. The van der Waals surface area contributed by atoms with Gasteiger partial charge < -0.3 is 14.8 Å². The van der Waals surface area contributed by atoms with Crippen LogP contribution in [0.3, 0.4) is 0 Å². The molecule has 22 heavy (non-hydrogen) atoms. The highest BCUT2D eigenvalue weighted by Gasteiger charge is 2.15. The molecule has 0 aliphatic heterocycles. The van der Waals surface area contributed by atoms with E-state index < -0.39 is 0 Å². The minimum Gasteiger partial charge on any atom is -0.497 e. The van der Waals surface area contributed by atoms with Crippen LogP contribution in [0.5, 0.6) is 11.5 Å². The molecule has 1 unspecified atom stereocenters. The summed E-state index contributed by atoms with van der Waals surface area (Å²) in [5.41, 5.74) is 2.29. The van der Waals surface area contributed by atoms with E-state index in [0.29, 0.717) is 0 Å². The van der Waals surface area contributed by atoms with Gasteiger partial charge in [0.1, 0.15) is 11.5 Å². The smallest absolute Gasteiger partial charge is 0.124 e. The molecule has 0 radical (unpaired) electrons. The maximum absolute atomic E-state index is 5.52. The van der Waals surface area contributed by atoms with Gasteiger partial charge in [0.15, 0.2) is 0 Å². The van der Waals surface area contributed by atoms with Crippen LogP contribution >= 0.6 is 0 Å². The second-order valence-electron chi connectivity index (χ2n) is 5.31. The molecule has 0 bridgehead atoms. The molecule has 0 saturated carbocycles. The van der Waals surface area contributed by atoms with Crippen LogP contribution < -0.4 is 14.8 Å². The molecule has 3 heteroatoms. The van der Waals surface area contributed by atoms with Crippen molar-refractivity contribution in [3.8, 4) is 11.5 Å². The summed E-state index contributed by atoms with van der Waals surface area (Å²) in [4.78, 5) is 0. The quantitative estimate of drug-likeness (QED) is 0.740. The van der Waals surface area contributed by atoms with E-state index in [4.69, 9.17) is 9.47 Å². The third-order valence-electron chi connectivity index (χ3n) is 3.79. The number of anilines is 1. The van der Waals surface area contributed by atoms with Gasteiger partial charge in [0.25, 0.3) is 0 Å². The van der Waals surface area contributed by atoms with Crippen LogP contribution in [0, 0.1) is 0 Å². The van der Waals surface area contributed by atoms with Crippen LogP contribution in [0.4, 0.5) is 5.69 Å². The summed E-state index contributed by atoms with van der Waals surface area (Å²) in [6.07, 6.45) is 3.42. The number of nitrogens with one attached hydrogen (secondary N) is 1. The number of methoxy groups -OCH3 is 2. The van der Waals surface area contributed by atoms with E-state index in [2.05, 4.69) is 24.4 Å². The van der Waals surface area contributed by atoms with Gasteiger partial charge in [0.2, 0.25) is 0 Å². The largest absolute Gasteiger partial charge is 0.497 e. The first kappa shape index (κ1) is 16.2.